The molecule has 0 amide bonds. The molecule has 5 nitrogen and oxygen atoms in total. The van der Waals surface area contributed by atoms with Gasteiger partial charge in [0.25, 0.3) is 5.56 Å². The number of piperidine rings is 1. The van der Waals surface area contributed by atoms with Crippen LogP contribution >= 0.6 is 0 Å². The van der Waals surface area contributed by atoms with E-state index >= 15 is 0 Å². The molecule has 1 saturated heterocycles. The third-order valence-electron chi connectivity index (χ3n) is 3.45. The number of pyridine rings is 1. The van der Waals surface area contributed by atoms with Crippen molar-refractivity contribution < 1.29 is 13.9 Å². The maximum Gasteiger partial charge on any atom is 0.343 e. The van der Waals surface area contributed by atoms with Gasteiger partial charge in [-0.1, -0.05) is 0 Å². The minimum atomic E-state index is -1.12. The van der Waals surface area contributed by atoms with Crippen molar-refractivity contribution in [2.75, 3.05) is 27.2 Å². The Morgan fingerprint density at radius 1 is 1.53 bits per heavy atom. The third kappa shape index (κ3) is 2.68. The molecule has 6 heteroatoms. The summed E-state index contributed by atoms with van der Waals surface area (Å²) in [5, 5.41) is 0. The fourth-order valence-corrected chi connectivity index (χ4v) is 2.39. The number of alkyl halides is 1. The molecule has 0 radical (unpaired) electrons. The highest BCUT2D eigenvalue weighted by Gasteiger charge is 2.30. The number of carbonyl (C=O) groups excluding carboxylic acids is 1. The lowest BCUT2D eigenvalue weighted by molar-refractivity contribution is 0.0595. The lowest BCUT2D eigenvalue weighted by atomic mass is 10.0. The average molecular weight is 268 g/mol. The van der Waals surface area contributed by atoms with Crippen molar-refractivity contribution in [3.63, 3.8) is 0 Å². The number of aromatic nitrogens is 1. The van der Waals surface area contributed by atoms with Gasteiger partial charge in [-0.2, -0.15) is 0 Å². The van der Waals surface area contributed by atoms with E-state index in [0.717, 1.165) is 6.54 Å². The zero-order valence-corrected chi connectivity index (χ0v) is 11.0. The minimum Gasteiger partial charge on any atom is -0.465 e. The summed E-state index contributed by atoms with van der Waals surface area (Å²) < 4.78 is 19.9. The van der Waals surface area contributed by atoms with E-state index in [1.807, 2.05) is 11.9 Å². The van der Waals surface area contributed by atoms with Crippen LogP contribution in [-0.4, -0.2) is 48.9 Å². The number of nitrogens with zero attached hydrogens (tertiary/aromatic N) is 2. The predicted molar refractivity (Wildman–Crippen MR) is 68.1 cm³/mol. The molecule has 1 aliphatic heterocycles. The number of methoxy groups -OCH3 is 1. The molecule has 0 spiro atoms. The van der Waals surface area contributed by atoms with Gasteiger partial charge < -0.3 is 14.2 Å². The van der Waals surface area contributed by atoms with Gasteiger partial charge in [-0.15, -0.1) is 0 Å². The molecular formula is C13H17FN2O3. The van der Waals surface area contributed by atoms with Crippen molar-refractivity contribution in [1.29, 1.82) is 0 Å². The van der Waals surface area contributed by atoms with Gasteiger partial charge in [0, 0.05) is 19.3 Å². The Labute approximate surface area is 110 Å². The summed E-state index contributed by atoms with van der Waals surface area (Å²) in [7, 11) is 3.06. The van der Waals surface area contributed by atoms with Crippen LogP contribution in [0.15, 0.2) is 23.1 Å². The van der Waals surface area contributed by atoms with Crippen LogP contribution < -0.4 is 5.56 Å². The second-order valence-corrected chi connectivity index (χ2v) is 4.76. The number of hydrogen-bond donors (Lipinski definition) is 0. The lowest BCUT2D eigenvalue weighted by Gasteiger charge is -2.33. The Morgan fingerprint density at radius 3 is 2.89 bits per heavy atom. The third-order valence-corrected chi connectivity index (χ3v) is 3.45. The molecule has 19 heavy (non-hydrogen) atoms. The summed E-state index contributed by atoms with van der Waals surface area (Å²) in [4.78, 5) is 25.5. The highest BCUT2D eigenvalue weighted by Crippen LogP contribution is 2.23. The fourth-order valence-electron chi connectivity index (χ4n) is 2.39. The molecule has 0 unspecified atom stereocenters. The maximum absolute atomic E-state index is 14.1. The van der Waals surface area contributed by atoms with Gasteiger partial charge in [-0.3, -0.25) is 4.79 Å². The first-order valence-electron chi connectivity index (χ1n) is 6.16. The molecule has 104 valence electrons. The molecule has 1 aromatic rings. The molecule has 2 rings (SSSR count). The van der Waals surface area contributed by atoms with Crippen LogP contribution in [0.1, 0.15) is 22.8 Å². The van der Waals surface area contributed by atoms with Gasteiger partial charge in [-0.05, 0) is 25.6 Å². The smallest absolute Gasteiger partial charge is 0.343 e. The summed E-state index contributed by atoms with van der Waals surface area (Å²) in [5.41, 5.74) is -0.553. The second-order valence-electron chi connectivity index (χ2n) is 4.76. The fraction of sp³-hybridized carbons (Fsp3) is 0.538. The van der Waals surface area contributed by atoms with Crippen LogP contribution in [-0.2, 0) is 4.74 Å². The molecule has 2 atom stereocenters. The van der Waals surface area contributed by atoms with Crippen molar-refractivity contribution >= 4 is 5.97 Å². The van der Waals surface area contributed by atoms with Crippen LogP contribution in [0.3, 0.4) is 0 Å². The monoisotopic (exact) mass is 268 g/mol. The van der Waals surface area contributed by atoms with Crippen LogP contribution in [0.2, 0.25) is 0 Å². The molecular weight excluding hydrogens is 251 g/mol. The largest absolute Gasteiger partial charge is 0.465 e. The highest BCUT2D eigenvalue weighted by atomic mass is 19.1. The minimum absolute atomic E-state index is 0.0591. The molecule has 0 N–H and O–H groups in total. The van der Waals surface area contributed by atoms with Crippen molar-refractivity contribution in [1.82, 2.24) is 9.47 Å². The van der Waals surface area contributed by atoms with Gasteiger partial charge in [0.1, 0.15) is 11.7 Å². The van der Waals surface area contributed by atoms with Crippen molar-refractivity contribution in [3.05, 3.63) is 34.2 Å². The zero-order chi connectivity index (χ0) is 14.0. The summed E-state index contributed by atoms with van der Waals surface area (Å²) in [6.45, 7) is 1.01. The number of ether oxygens (including phenoxy) is 1. The van der Waals surface area contributed by atoms with Crippen LogP contribution in [0, 0.1) is 0 Å². The standard InChI is InChI=1S/C13H17FN2O3/c1-15-7-5-11(10(14)8-15)16-6-3-4-9(12(16)17)13(18)19-2/h3-4,6,10-11H,5,7-8H2,1-2H3/t10-,11+/m0/s1. The van der Waals surface area contributed by atoms with Crippen molar-refractivity contribution in [3.8, 4) is 0 Å². The van der Waals surface area contributed by atoms with E-state index in [9.17, 15) is 14.0 Å². The topological polar surface area (TPSA) is 51.5 Å². The van der Waals surface area contributed by atoms with Gasteiger partial charge >= 0.3 is 5.97 Å². The Morgan fingerprint density at radius 2 is 2.26 bits per heavy atom. The first kappa shape index (κ1) is 13.7. The van der Waals surface area contributed by atoms with Crippen LogP contribution in [0.4, 0.5) is 4.39 Å². The van der Waals surface area contributed by atoms with Gasteiger partial charge in [0.05, 0.1) is 13.2 Å². The number of rotatable bonds is 2. The molecule has 0 aliphatic carbocycles. The normalized spacial score (nSPS) is 24.2. The van der Waals surface area contributed by atoms with E-state index in [1.165, 1.54) is 23.9 Å². The Bertz CT molecular complexity index is 529. The lowest BCUT2D eigenvalue weighted by Crippen LogP contribution is -2.43. The second kappa shape index (κ2) is 5.52. The number of esters is 1. The van der Waals surface area contributed by atoms with E-state index in [4.69, 9.17) is 0 Å². The van der Waals surface area contributed by atoms with Crippen LogP contribution in [0.25, 0.3) is 0 Å². The first-order valence-corrected chi connectivity index (χ1v) is 6.16. The Hall–Kier alpha value is -1.69. The van der Waals surface area contributed by atoms with E-state index in [-0.39, 0.29) is 5.56 Å². The quantitative estimate of drug-likeness (QED) is 0.746. The van der Waals surface area contributed by atoms with Crippen molar-refractivity contribution in [2.24, 2.45) is 0 Å². The molecule has 0 aromatic carbocycles. The number of halogens is 1. The first-order chi connectivity index (χ1) is 9.04. The van der Waals surface area contributed by atoms with E-state index in [1.54, 1.807) is 6.07 Å². The van der Waals surface area contributed by atoms with E-state index < -0.39 is 23.7 Å². The molecule has 1 fully saturated rings. The van der Waals surface area contributed by atoms with Crippen LogP contribution in [0.5, 0.6) is 0 Å². The van der Waals surface area contributed by atoms with Gasteiger partial charge in [0.15, 0.2) is 0 Å². The average Bonchev–Trinajstić information content (AvgIpc) is 2.39. The summed E-state index contributed by atoms with van der Waals surface area (Å²) in [6, 6.07) is 2.44. The number of carbonyl (C=O) groups is 1. The van der Waals surface area contributed by atoms with E-state index in [0.29, 0.717) is 13.0 Å². The molecule has 0 saturated carbocycles. The molecule has 1 aromatic heterocycles. The number of likely N-dealkylation sites (tertiary alicyclic amines) is 1. The van der Waals surface area contributed by atoms with Crippen molar-refractivity contribution in [2.45, 2.75) is 18.6 Å². The summed E-state index contributed by atoms with van der Waals surface area (Å²) in [5.74, 6) is -0.692. The molecule has 2 heterocycles. The summed E-state index contributed by atoms with van der Waals surface area (Å²) in [6.07, 6.45) is 0.948. The Kier molecular flexibility index (Phi) is 3.99. The Balaban J connectivity index is 2.35. The molecule has 1 aliphatic rings. The predicted octanol–water partition coefficient (Wildman–Crippen LogP) is 0.850. The highest BCUT2D eigenvalue weighted by molar-refractivity contribution is 5.88. The van der Waals surface area contributed by atoms with E-state index in [2.05, 4.69) is 4.74 Å². The van der Waals surface area contributed by atoms with Gasteiger partial charge in [-0.25, -0.2) is 9.18 Å². The maximum atomic E-state index is 14.1. The molecule has 0 bridgehead atoms. The van der Waals surface area contributed by atoms with Gasteiger partial charge in [0.2, 0.25) is 0 Å². The SMILES string of the molecule is COC(=O)c1cccn([C@@H]2CCN(C)C[C@@H]2F)c1=O. The summed E-state index contributed by atoms with van der Waals surface area (Å²) >= 11 is 0. The zero-order valence-electron chi connectivity index (χ0n) is 11.0. The number of hydrogen-bond acceptors (Lipinski definition) is 4.